The van der Waals surface area contributed by atoms with Gasteiger partial charge in [-0.3, -0.25) is 4.79 Å². The van der Waals surface area contributed by atoms with E-state index in [9.17, 15) is 14.9 Å². The number of nitriles is 1. The molecule has 0 bridgehead atoms. The molecule has 6 nitrogen and oxygen atoms in total. The Labute approximate surface area is 219 Å². The molecular weight excluding hydrogens is 611 g/mol. The van der Waals surface area contributed by atoms with Gasteiger partial charge in [0, 0.05) is 5.69 Å². The van der Waals surface area contributed by atoms with Gasteiger partial charge in [-0.25, -0.2) is 4.79 Å². The summed E-state index contributed by atoms with van der Waals surface area (Å²) < 4.78 is 7.37. The molecule has 0 aliphatic carbocycles. The molecule has 3 aromatic rings. The van der Waals surface area contributed by atoms with E-state index in [0.29, 0.717) is 21.5 Å². The number of anilines is 1. The minimum atomic E-state index is -0.979. The molecule has 1 amide bonds. The average Bonchev–Trinajstić information content (AvgIpc) is 2.79. The number of hydrogen-bond donors (Lipinski definition) is 2. The summed E-state index contributed by atoms with van der Waals surface area (Å²) in [6, 6.07) is 17.7. The van der Waals surface area contributed by atoms with Crippen LogP contribution in [0.2, 0.25) is 0 Å². The largest absolute Gasteiger partial charge is 0.487 e. The Balaban J connectivity index is 1.76. The number of carbonyl (C=O) groups is 2. The molecule has 0 fully saturated rings. The van der Waals surface area contributed by atoms with E-state index < -0.39 is 11.9 Å². The summed E-state index contributed by atoms with van der Waals surface area (Å²) in [5, 5.41) is 21.4. The third kappa shape index (κ3) is 6.46. The zero-order valence-electron chi connectivity index (χ0n) is 18.4. The van der Waals surface area contributed by atoms with Crippen LogP contribution >= 0.6 is 38.5 Å². The lowest BCUT2D eigenvalue weighted by Gasteiger charge is -2.12. The van der Waals surface area contributed by atoms with Gasteiger partial charge in [-0.15, -0.1) is 0 Å². The number of nitrogens with zero attached hydrogens (tertiary/aromatic N) is 1. The molecule has 34 heavy (non-hydrogen) atoms. The van der Waals surface area contributed by atoms with Gasteiger partial charge >= 0.3 is 5.97 Å². The summed E-state index contributed by atoms with van der Waals surface area (Å²) in [5.74, 6) is -0.850. The highest BCUT2D eigenvalue weighted by molar-refractivity contribution is 14.1. The number of amides is 1. The van der Waals surface area contributed by atoms with Crippen LogP contribution in [0.5, 0.6) is 5.75 Å². The molecule has 3 aromatic carbocycles. The van der Waals surface area contributed by atoms with Crippen molar-refractivity contribution in [3.8, 4) is 11.8 Å². The van der Waals surface area contributed by atoms with Gasteiger partial charge in [0.25, 0.3) is 5.91 Å². The first-order valence-electron chi connectivity index (χ1n) is 10.1. The van der Waals surface area contributed by atoms with E-state index in [-0.39, 0.29) is 17.7 Å². The van der Waals surface area contributed by atoms with Gasteiger partial charge in [0.1, 0.15) is 24.0 Å². The second-order valence-electron chi connectivity index (χ2n) is 7.55. The molecule has 3 rings (SSSR count). The molecule has 0 spiro atoms. The molecule has 0 radical (unpaired) electrons. The summed E-state index contributed by atoms with van der Waals surface area (Å²) in [6.07, 6.45) is 1.53. The lowest BCUT2D eigenvalue weighted by molar-refractivity contribution is -0.112. The summed E-state index contributed by atoms with van der Waals surface area (Å²) in [6.45, 7) is 4.13. The normalized spacial score (nSPS) is 11.0. The van der Waals surface area contributed by atoms with Gasteiger partial charge in [-0.1, -0.05) is 29.8 Å². The van der Waals surface area contributed by atoms with E-state index in [1.807, 2.05) is 44.2 Å². The van der Waals surface area contributed by atoms with Gasteiger partial charge < -0.3 is 15.2 Å². The minimum Gasteiger partial charge on any atom is -0.487 e. The topological polar surface area (TPSA) is 99.4 Å². The second-order valence-corrected chi connectivity index (χ2v) is 9.56. The van der Waals surface area contributed by atoms with E-state index in [2.05, 4.69) is 43.8 Å². The number of carboxylic acid groups (broad SMARTS) is 1. The SMILES string of the molecule is Cc1ccc(NC(=O)/C(C#N)=C/c2cc(Br)c(OCc3ccc(C(=O)O)cc3)c(I)c2)c(C)c1. The highest BCUT2D eigenvalue weighted by atomic mass is 127. The van der Waals surface area contributed by atoms with Crippen LogP contribution in [-0.2, 0) is 11.4 Å². The van der Waals surface area contributed by atoms with Crippen molar-refractivity contribution in [1.82, 2.24) is 0 Å². The molecule has 0 aromatic heterocycles. The number of carboxylic acids is 1. The molecular formula is C26H20BrIN2O4. The summed E-state index contributed by atoms with van der Waals surface area (Å²) in [4.78, 5) is 23.7. The van der Waals surface area contributed by atoms with Crippen molar-refractivity contribution in [2.24, 2.45) is 0 Å². The van der Waals surface area contributed by atoms with E-state index in [4.69, 9.17) is 9.84 Å². The molecule has 0 saturated heterocycles. The van der Waals surface area contributed by atoms with Crippen LogP contribution in [0.1, 0.15) is 32.6 Å². The summed E-state index contributed by atoms with van der Waals surface area (Å²) in [7, 11) is 0. The lowest BCUT2D eigenvalue weighted by Crippen LogP contribution is -2.14. The number of hydrogen-bond acceptors (Lipinski definition) is 4. The van der Waals surface area contributed by atoms with Crippen LogP contribution in [0.25, 0.3) is 6.08 Å². The van der Waals surface area contributed by atoms with Crippen molar-refractivity contribution in [2.45, 2.75) is 20.5 Å². The Morgan fingerprint density at radius 2 is 1.85 bits per heavy atom. The van der Waals surface area contributed by atoms with Crippen LogP contribution in [-0.4, -0.2) is 17.0 Å². The van der Waals surface area contributed by atoms with E-state index in [0.717, 1.165) is 20.3 Å². The number of halogens is 2. The van der Waals surface area contributed by atoms with Gasteiger partial charge in [0.15, 0.2) is 0 Å². The fraction of sp³-hybridized carbons (Fsp3) is 0.115. The van der Waals surface area contributed by atoms with Crippen molar-refractivity contribution < 1.29 is 19.4 Å². The van der Waals surface area contributed by atoms with Crippen LogP contribution < -0.4 is 10.1 Å². The van der Waals surface area contributed by atoms with Gasteiger partial charge in [0.2, 0.25) is 0 Å². The Hall–Kier alpha value is -3.16. The Morgan fingerprint density at radius 1 is 1.15 bits per heavy atom. The molecule has 0 aliphatic rings. The number of ether oxygens (including phenoxy) is 1. The van der Waals surface area contributed by atoms with Crippen molar-refractivity contribution in [2.75, 3.05) is 5.32 Å². The number of aromatic carboxylic acids is 1. The standard InChI is InChI=1S/C26H20BrIN2O4/c1-15-3-8-23(16(2)9-15)30-25(31)20(13-29)10-18-11-21(27)24(22(28)12-18)34-14-17-4-6-19(7-5-17)26(32)33/h3-12H,14H2,1-2H3,(H,30,31)(H,32,33)/b20-10+. The zero-order valence-corrected chi connectivity index (χ0v) is 22.1. The van der Waals surface area contributed by atoms with Gasteiger partial charge in [-0.05, 0) is 105 Å². The van der Waals surface area contributed by atoms with Crippen molar-refractivity contribution in [3.63, 3.8) is 0 Å². The summed E-state index contributed by atoms with van der Waals surface area (Å²) >= 11 is 5.63. The summed E-state index contributed by atoms with van der Waals surface area (Å²) in [5.41, 5.74) is 4.36. The third-order valence-corrected chi connectivity index (χ3v) is 6.30. The fourth-order valence-corrected chi connectivity index (χ4v) is 4.93. The molecule has 8 heteroatoms. The number of aryl methyl sites for hydroxylation is 2. The molecule has 2 N–H and O–H groups in total. The second kappa shape index (κ2) is 11.3. The zero-order chi connectivity index (χ0) is 24.8. The maximum atomic E-state index is 12.7. The van der Waals surface area contributed by atoms with Crippen molar-refractivity contribution in [1.29, 1.82) is 5.26 Å². The number of carbonyl (C=O) groups excluding carboxylic acids is 1. The van der Waals surface area contributed by atoms with E-state index in [1.165, 1.54) is 18.2 Å². The Bertz CT molecular complexity index is 1300. The number of rotatable bonds is 7. The molecule has 0 saturated carbocycles. The first-order valence-corrected chi connectivity index (χ1v) is 12.0. The maximum Gasteiger partial charge on any atom is 0.335 e. The number of nitrogens with one attached hydrogen (secondary N) is 1. The highest BCUT2D eigenvalue weighted by Crippen LogP contribution is 2.33. The first kappa shape index (κ1) is 25.5. The highest BCUT2D eigenvalue weighted by Gasteiger charge is 2.14. The van der Waals surface area contributed by atoms with E-state index in [1.54, 1.807) is 18.2 Å². The van der Waals surface area contributed by atoms with Crippen LogP contribution in [0.15, 0.2) is 64.6 Å². The molecule has 0 unspecified atom stereocenters. The van der Waals surface area contributed by atoms with Crippen molar-refractivity contribution >= 4 is 62.2 Å². The monoisotopic (exact) mass is 630 g/mol. The Morgan fingerprint density at radius 3 is 2.44 bits per heavy atom. The third-order valence-electron chi connectivity index (χ3n) is 4.91. The molecule has 172 valence electrons. The Kier molecular flexibility index (Phi) is 8.47. The quantitative estimate of drug-likeness (QED) is 0.177. The number of benzene rings is 3. The molecule has 0 heterocycles. The minimum absolute atomic E-state index is 0.0186. The molecule has 0 atom stereocenters. The average molecular weight is 631 g/mol. The molecule has 0 aliphatic heterocycles. The van der Waals surface area contributed by atoms with Crippen LogP contribution in [0, 0.1) is 28.7 Å². The van der Waals surface area contributed by atoms with Crippen LogP contribution in [0.4, 0.5) is 5.69 Å². The van der Waals surface area contributed by atoms with Gasteiger partial charge in [-0.2, -0.15) is 5.26 Å². The predicted molar refractivity (Wildman–Crippen MR) is 143 cm³/mol. The first-order chi connectivity index (χ1) is 16.2. The fourth-order valence-electron chi connectivity index (χ4n) is 3.16. The smallest absolute Gasteiger partial charge is 0.335 e. The lowest BCUT2D eigenvalue weighted by atomic mass is 10.1. The van der Waals surface area contributed by atoms with E-state index >= 15 is 0 Å². The predicted octanol–water partition coefficient (Wildman–Crippen LogP) is 6.49. The maximum absolute atomic E-state index is 12.7. The van der Waals surface area contributed by atoms with Crippen LogP contribution in [0.3, 0.4) is 0 Å². The van der Waals surface area contributed by atoms with Gasteiger partial charge in [0.05, 0.1) is 13.6 Å². The van der Waals surface area contributed by atoms with Crippen molar-refractivity contribution in [3.05, 3.63) is 96.0 Å².